The standard InChI is InChI=1S/C25H42BrNO8/c1-25(2,3)35-24(28)27-23(22-7-5-21(19-26)6-8-22)20-34-18-17-33-16-15-32-14-13-31-12-11-30-10-9-29-4/h5-8,23H,9-20H2,1-4H3,(H,27,28). The molecule has 0 fully saturated rings. The Kier molecular flexibility index (Phi) is 18.0. The lowest BCUT2D eigenvalue weighted by Crippen LogP contribution is -2.36. The van der Waals surface area contributed by atoms with Crippen LogP contribution >= 0.6 is 15.9 Å². The van der Waals surface area contributed by atoms with Crippen molar-refractivity contribution in [1.82, 2.24) is 5.32 Å². The summed E-state index contributed by atoms with van der Waals surface area (Å²) < 4.78 is 37.8. The Balaban J connectivity index is 2.17. The summed E-state index contributed by atoms with van der Waals surface area (Å²) in [6.45, 7) is 10.8. The number of alkyl halides is 1. The summed E-state index contributed by atoms with van der Waals surface area (Å²) in [4.78, 5) is 12.3. The Hall–Kier alpha value is -1.27. The first-order valence-corrected chi connectivity index (χ1v) is 13.0. The van der Waals surface area contributed by atoms with Crippen LogP contribution in [0.25, 0.3) is 0 Å². The number of ether oxygens (including phenoxy) is 7. The maximum absolute atomic E-state index is 12.3. The average molecular weight is 565 g/mol. The van der Waals surface area contributed by atoms with Crippen molar-refractivity contribution in [2.75, 3.05) is 79.8 Å². The van der Waals surface area contributed by atoms with E-state index in [0.29, 0.717) is 72.7 Å². The first-order valence-electron chi connectivity index (χ1n) is 11.9. The number of halogens is 1. The smallest absolute Gasteiger partial charge is 0.408 e. The van der Waals surface area contributed by atoms with Gasteiger partial charge in [0.15, 0.2) is 0 Å². The highest BCUT2D eigenvalue weighted by molar-refractivity contribution is 9.08. The van der Waals surface area contributed by atoms with Gasteiger partial charge in [-0.2, -0.15) is 0 Å². The molecule has 1 unspecified atom stereocenters. The lowest BCUT2D eigenvalue weighted by Gasteiger charge is -2.24. The molecule has 0 saturated carbocycles. The van der Waals surface area contributed by atoms with E-state index in [2.05, 4.69) is 21.2 Å². The summed E-state index contributed by atoms with van der Waals surface area (Å²) in [7, 11) is 1.64. The Morgan fingerprint density at radius 1 is 0.800 bits per heavy atom. The zero-order valence-electron chi connectivity index (χ0n) is 21.5. The molecule has 0 radical (unpaired) electrons. The van der Waals surface area contributed by atoms with E-state index in [0.717, 1.165) is 16.5 Å². The quantitative estimate of drug-likeness (QED) is 0.189. The van der Waals surface area contributed by atoms with E-state index in [9.17, 15) is 4.79 Å². The van der Waals surface area contributed by atoms with Gasteiger partial charge in [0.1, 0.15) is 5.60 Å². The van der Waals surface area contributed by atoms with E-state index in [1.54, 1.807) is 7.11 Å². The fourth-order valence-electron chi connectivity index (χ4n) is 2.73. The Morgan fingerprint density at radius 3 is 1.69 bits per heavy atom. The summed E-state index contributed by atoms with van der Waals surface area (Å²) in [6.07, 6.45) is -0.480. The maximum Gasteiger partial charge on any atom is 0.408 e. The molecule has 1 atom stereocenters. The molecule has 0 heterocycles. The zero-order chi connectivity index (χ0) is 25.8. The van der Waals surface area contributed by atoms with E-state index in [1.807, 2.05) is 45.0 Å². The minimum atomic E-state index is -0.574. The lowest BCUT2D eigenvalue weighted by molar-refractivity contribution is -0.0160. The molecule has 0 aliphatic rings. The zero-order valence-corrected chi connectivity index (χ0v) is 23.1. The summed E-state index contributed by atoms with van der Waals surface area (Å²) in [5.41, 5.74) is 1.52. The number of hydrogen-bond donors (Lipinski definition) is 1. The van der Waals surface area contributed by atoms with Crippen molar-refractivity contribution in [3.05, 3.63) is 35.4 Å². The second-order valence-electron chi connectivity index (χ2n) is 8.59. The van der Waals surface area contributed by atoms with Crippen LogP contribution in [0, 0.1) is 0 Å². The number of amides is 1. The van der Waals surface area contributed by atoms with Gasteiger partial charge in [-0.05, 0) is 31.9 Å². The molecule has 10 heteroatoms. The third kappa shape index (κ3) is 17.7. The maximum atomic E-state index is 12.3. The molecule has 35 heavy (non-hydrogen) atoms. The topological polar surface area (TPSA) is 93.7 Å². The predicted molar refractivity (Wildman–Crippen MR) is 137 cm³/mol. The van der Waals surface area contributed by atoms with E-state index in [-0.39, 0.29) is 6.04 Å². The van der Waals surface area contributed by atoms with Gasteiger partial charge < -0.3 is 38.5 Å². The number of hydrogen-bond acceptors (Lipinski definition) is 8. The average Bonchev–Trinajstić information content (AvgIpc) is 2.82. The van der Waals surface area contributed by atoms with Gasteiger partial charge in [-0.15, -0.1) is 0 Å². The van der Waals surface area contributed by atoms with Crippen molar-refractivity contribution < 1.29 is 38.0 Å². The molecule has 0 aliphatic heterocycles. The second-order valence-corrected chi connectivity index (χ2v) is 9.15. The van der Waals surface area contributed by atoms with Gasteiger partial charge in [-0.3, -0.25) is 0 Å². The van der Waals surface area contributed by atoms with Gasteiger partial charge in [0, 0.05) is 12.4 Å². The summed E-state index contributed by atoms with van der Waals surface area (Å²) in [5, 5.41) is 3.67. The molecule has 9 nitrogen and oxygen atoms in total. The van der Waals surface area contributed by atoms with Crippen molar-refractivity contribution in [3.8, 4) is 0 Å². The number of methoxy groups -OCH3 is 1. The number of carbonyl (C=O) groups excluding carboxylic acids is 1. The molecule has 1 rings (SSSR count). The number of carbonyl (C=O) groups is 1. The molecule has 0 spiro atoms. The molecule has 202 valence electrons. The Bertz CT molecular complexity index is 654. The number of nitrogens with one attached hydrogen (secondary N) is 1. The van der Waals surface area contributed by atoms with Gasteiger partial charge in [0.05, 0.1) is 78.7 Å². The number of alkyl carbamates (subject to hydrolysis) is 1. The van der Waals surface area contributed by atoms with Crippen LogP contribution in [0.15, 0.2) is 24.3 Å². The Morgan fingerprint density at radius 2 is 1.26 bits per heavy atom. The van der Waals surface area contributed by atoms with Crippen molar-refractivity contribution in [3.63, 3.8) is 0 Å². The minimum Gasteiger partial charge on any atom is -0.444 e. The van der Waals surface area contributed by atoms with Crippen LogP contribution in [0.4, 0.5) is 4.79 Å². The van der Waals surface area contributed by atoms with Crippen molar-refractivity contribution in [2.45, 2.75) is 37.7 Å². The minimum absolute atomic E-state index is 0.305. The normalized spacial score (nSPS) is 12.5. The number of benzene rings is 1. The van der Waals surface area contributed by atoms with E-state index in [4.69, 9.17) is 33.2 Å². The van der Waals surface area contributed by atoms with Gasteiger partial charge >= 0.3 is 6.09 Å². The van der Waals surface area contributed by atoms with E-state index >= 15 is 0 Å². The molecular formula is C25H42BrNO8. The monoisotopic (exact) mass is 563 g/mol. The van der Waals surface area contributed by atoms with Gasteiger partial charge in [0.2, 0.25) is 0 Å². The molecule has 0 bridgehead atoms. The first-order chi connectivity index (χ1) is 16.9. The molecule has 0 saturated heterocycles. The highest BCUT2D eigenvalue weighted by Gasteiger charge is 2.21. The summed E-state index contributed by atoms with van der Waals surface area (Å²) >= 11 is 3.45. The molecule has 1 aromatic rings. The highest BCUT2D eigenvalue weighted by Crippen LogP contribution is 2.17. The van der Waals surface area contributed by atoms with Crippen LogP contribution in [0.2, 0.25) is 0 Å². The molecule has 1 N–H and O–H groups in total. The van der Waals surface area contributed by atoms with Crippen LogP contribution in [-0.2, 0) is 38.5 Å². The summed E-state index contributed by atoms with van der Waals surface area (Å²) in [5.74, 6) is 0. The van der Waals surface area contributed by atoms with Crippen molar-refractivity contribution in [2.24, 2.45) is 0 Å². The SMILES string of the molecule is COCCOCCOCCOCCOCCOCC(NC(=O)OC(C)(C)C)c1ccc(CBr)cc1. The van der Waals surface area contributed by atoms with Gasteiger partial charge in [-0.1, -0.05) is 40.2 Å². The molecule has 1 aromatic carbocycles. The lowest BCUT2D eigenvalue weighted by atomic mass is 10.1. The van der Waals surface area contributed by atoms with Crippen LogP contribution in [0.5, 0.6) is 0 Å². The molecule has 0 aromatic heterocycles. The van der Waals surface area contributed by atoms with Crippen LogP contribution in [-0.4, -0.2) is 91.5 Å². The largest absolute Gasteiger partial charge is 0.444 e. The van der Waals surface area contributed by atoms with Crippen LogP contribution < -0.4 is 5.32 Å². The fraction of sp³-hybridized carbons (Fsp3) is 0.720. The van der Waals surface area contributed by atoms with Crippen molar-refractivity contribution >= 4 is 22.0 Å². The van der Waals surface area contributed by atoms with Gasteiger partial charge in [0.25, 0.3) is 0 Å². The third-order valence-electron chi connectivity index (χ3n) is 4.43. The second kappa shape index (κ2) is 19.9. The fourth-order valence-corrected chi connectivity index (χ4v) is 3.11. The van der Waals surface area contributed by atoms with E-state index < -0.39 is 11.7 Å². The summed E-state index contributed by atoms with van der Waals surface area (Å²) in [6, 6.07) is 7.66. The first kappa shape index (κ1) is 31.8. The van der Waals surface area contributed by atoms with Gasteiger partial charge in [-0.25, -0.2) is 4.79 Å². The number of rotatable bonds is 20. The Labute approximate surface area is 218 Å². The molecular weight excluding hydrogens is 522 g/mol. The van der Waals surface area contributed by atoms with E-state index in [1.165, 1.54) is 0 Å². The molecule has 0 aliphatic carbocycles. The molecule has 1 amide bonds. The third-order valence-corrected chi connectivity index (χ3v) is 5.08. The highest BCUT2D eigenvalue weighted by atomic mass is 79.9. The van der Waals surface area contributed by atoms with Crippen LogP contribution in [0.3, 0.4) is 0 Å². The van der Waals surface area contributed by atoms with Crippen molar-refractivity contribution in [1.29, 1.82) is 0 Å². The van der Waals surface area contributed by atoms with Crippen LogP contribution in [0.1, 0.15) is 37.9 Å². The predicted octanol–water partition coefficient (Wildman–Crippen LogP) is 3.88.